The zero-order valence-corrected chi connectivity index (χ0v) is 9.41. The Labute approximate surface area is 94.3 Å². The molecule has 4 nitrogen and oxygen atoms in total. The first kappa shape index (κ1) is 12.1. The Hall–Kier alpha value is -2.02. The third-order valence-corrected chi connectivity index (χ3v) is 2.24. The summed E-state index contributed by atoms with van der Waals surface area (Å²) in [7, 11) is 0. The monoisotopic (exact) mass is 218 g/mol. The molecule has 1 N–H and O–H groups in total. The molecule has 1 heterocycles. The minimum absolute atomic E-state index is 0.128. The van der Waals surface area contributed by atoms with Gasteiger partial charge in [-0.3, -0.25) is 9.59 Å². The highest BCUT2D eigenvalue weighted by Gasteiger charge is 2.16. The first-order valence-corrected chi connectivity index (χ1v) is 5.02. The van der Waals surface area contributed by atoms with Crippen LogP contribution in [0.5, 0.6) is 0 Å². The van der Waals surface area contributed by atoms with Crippen LogP contribution in [-0.2, 0) is 0 Å². The number of terminal acetylenes is 1. The third kappa shape index (κ3) is 2.51. The number of carbonyl (C=O) groups excluding carboxylic acids is 1. The average Bonchev–Trinajstić information content (AvgIpc) is 2.25. The van der Waals surface area contributed by atoms with E-state index in [0.29, 0.717) is 6.54 Å². The van der Waals surface area contributed by atoms with Crippen LogP contribution >= 0.6 is 0 Å². The summed E-state index contributed by atoms with van der Waals surface area (Å²) >= 11 is 0. The second kappa shape index (κ2) is 5.17. The average molecular weight is 218 g/mol. The molecule has 1 amide bonds. The lowest BCUT2D eigenvalue weighted by atomic mass is 10.2. The summed E-state index contributed by atoms with van der Waals surface area (Å²) in [5.41, 5.74) is 0.477. The van der Waals surface area contributed by atoms with Gasteiger partial charge in [0.15, 0.2) is 0 Å². The third-order valence-electron chi connectivity index (χ3n) is 2.24. The van der Waals surface area contributed by atoms with Crippen molar-refractivity contribution in [3.8, 4) is 12.3 Å². The van der Waals surface area contributed by atoms with Gasteiger partial charge in [0.25, 0.3) is 11.5 Å². The summed E-state index contributed by atoms with van der Waals surface area (Å²) in [6, 6.07) is 3.22. The SMILES string of the molecule is C#CCN(CC)C(=O)c1ccc(C)[nH]c1=O. The number of nitrogens with zero attached hydrogens (tertiary/aromatic N) is 1. The van der Waals surface area contributed by atoms with Crippen molar-refractivity contribution in [3.05, 3.63) is 33.7 Å². The fraction of sp³-hybridized carbons (Fsp3) is 0.333. The number of aromatic amines is 1. The van der Waals surface area contributed by atoms with E-state index in [9.17, 15) is 9.59 Å². The number of rotatable bonds is 3. The van der Waals surface area contributed by atoms with Crippen LogP contribution in [0.4, 0.5) is 0 Å². The molecule has 0 aromatic carbocycles. The Bertz CT molecular complexity index is 483. The molecule has 4 heteroatoms. The fourth-order valence-corrected chi connectivity index (χ4v) is 1.35. The van der Waals surface area contributed by atoms with Gasteiger partial charge in [0.2, 0.25) is 0 Å². The van der Waals surface area contributed by atoms with Gasteiger partial charge in [-0.05, 0) is 26.0 Å². The second-order valence-corrected chi connectivity index (χ2v) is 3.41. The van der Waals surface area contributed by atoms with Crippen LogP contribution in [0.2, 0.25) is 0 Å². The predicted molar refractivity (Wildman–Crippen MR) is 62.2 cm³/mol. The van der Waals surface area contributed by atoms with E-state index in [2.05, 4.69) is 10.9 Å². The van der Waals surface area contributed by atoms with E-state index >= 15 is 0 Å². The maximum absolute atomic E-state index is 11.9. The zero-order chi connectivity index (χ0) is 12.1. The molecular formula is C12H14N2O2. The first-order chi connectivity index (χ1) is 7.60. The van der Waals surface area contributed by atoms with Crippen LogP contribution in [0.15, 0.2) is 16.9 Å². The van der Waals surface area contributed by atoms with E-state index in [1.165, 1.54) is 11.0 Å². The Morgan fingerprint density at radius 3 is 2.75 bits per heavy atom. The number of aryl methyl sites for hydroxylation is 1. The highest BCUT2D eigenvalue weighted by atomic mass is 16.2. The molecular weight excluding hydrogens is 204 g/mol. The number of pyridine rings is 1. The minimum Gasteiger partial charge on any atom is -0.328 e. The van der Waals surface area contributed by atoms with Crippen molar-refractivity contribution in [3.63, 3.8) is 0 Å². The topological polar surface area (TPSA) is 53.2 Å². The van der Waals surface area contributed by atoms with Gasteiger partial charge < -0.3 is 9.88 Å². The molecule has 0 fully saturated rings. The van der Waals surface area contributed by atoms with E-state index in [0.717, 1.165) is 5.69 Å². The first-order valence-electron chi connectivity index (χ1n) is 5.02. The van der Waals surface area contributed by atoms with Gasteiger partial charge in [-0.15, -0.1) is 6.42 Å². The molecule has 0 aliphatic carbocycles. The van der Waals surface area contributed by atoms with Crippen molar-refractivity contribution >= 4 is 5.91 Å². The molecule has 0 bridgehead atoms. The van der Waals surface area contributed by atoms with Gasteiger partial charge in [0.1, 0.15) is 5.56 Å². The number of carbonyl (C=O) groups is 1. The maximum Gasteiger partial charge on any atom is 0.260 e. The molecule has 0 saturated heterocycles. The Kier molecular flexibility index (Phi) is 3.90. The number of hydrogen-bond acceptors (Lipinski definition) is 2. The Balaban J connectivity index is 3.05. The summed E-state index contributed by atoms with van der Waals surface area (Å²) in [5, 5.41) is 0. The number of hydrogen-bond donors (Lipinski definition) is 1. The van der Waals surface area contributed by atoms with E-state index in [1.54, 1.807) is 13.0 Å². The molecule has 1 rings (SSSR count). The summed E-state index contributed by atoms with van der Waals surface area (Å²) in [6.07, 6.45) is 5.15. The van der Waals surface area contributed by atoms with Crippen molar-refractivity contribution in [1.29, 1.82) is 0 Å². The van der Waals surface area contributed by atoms with Crippen LogP contribution in [0, 0.1) is 19.3 Å². The molecule has 0 radical (unpaired) electrons. The Morgan fingerprint density at radius 2 is 2.25 bits per heavy atom. The van der Waals surface area contributed by atoms with Crippen LogP contribution < -0.4 is 5.56 Å². The van der Waals surface area contributed by atoms with Crippen molar-refractivity contribution in [2.24, 2.45) is 0 Å². The van der Waals surface area contributed by atoms with Gasteiger partial charge in [-0.1, -0.05) is 5.92 Å². The van der Waals surface area contributed by atoms with Gasteiger partial charge in [0.05, 0.1) is 6.54 Å². The van der Waals surface area contributed by atoms with Crippen molar-refractivity contribution in [2.45, 2.75) is 13.8 Å². The largest absolute Gasteiger partial charge is 0.328 e. The van der Waals surface area contributed by atoms with Gasteiger partial charge in [-0.25, -0.2) is 0 Å². The molecule has 0 spiro atoms. The normalized spacial score (nSPS) is 9.56. The van der Waals surface area contributed by atoms with Gasteiger partial charge in [-0.2, -0.15) is 0 Å². The molecule has 0 saturated carbocycles. The molecule has 0 aliphatic heterocycles. The lowest BCUT2D eigenvalue weighted by Crippen LogP contribution is -2.35. The van der Waals surface area contributed by atoms with Crippen molar-refractivity contribution < 1.29 is 4.79 Å². The highest BCUT2D eigenvalue weighted by molar-refractivity contribution is 5.94. The van der Waals surface area contributed by atoms with Crippen LogP contribution in [0.1, 0.15) is 23.0 Å². The van der Waals surface area contributed by atoms with E-state index in [4.69, 9.17) is 6.42 Å². The van der Waals surface area contributed by atoms with Crippen LogP contribution in [0.25, 0.3) is 0 Å². The van der Waals surface area contributed by atoms with Crippen molar-refractivity contribution in [2.75, 3.05) is 13.1 Å². The predicted octanol–water partition coefficient (Wildman–Crippen LogP) is 0.779. The molecule has 0 aliphatic rings. The quantitative estimate of drug-likeness (QED) is 0.762. The van der Waals surface area contributed by atoms with Crippen molar-refractivity contribution in [1.82, 2.24) is 9.88 Å². The summed E-state index contributed by atoms with van der Waals surface area (Å²) < 4.78 is 0. The van der Waals surface area contributed by atoms with Crippen LogP contribution in [-0.4, -0.2) is 28.9 Å². The summed E-state index contributed by atoms with van der Waals surface area (Å²) in [6.45, 7) is 4.27. The summed E-state index contributed by atoms with van der Waals surface area (Å²) in [5.74, 6) is 2.06. The fourth-order valence-electron chi connectivity index (χ4n) is 1.35. The smallest absolute Gasteiger partial charge is 0.260 e. The van der Waals surface area contributed by atoms with E-state index < -0.39 is 0 Å². The van der Waals surface area contributed by atoms with E-state index in [1.807, 2.05) is 6.92 Å². The number of aromatic nitrogens is 1. The number of amides is 1. The molecule has 0 unspecified atom stereocenters. The maximum atomic E-state index is 11.9. The lowest BCUT2D eigenvalue weighted by Gasteiger charge is -2.17. The summed E-state index contributed by atoms with van der Waals surface area (Å²) in [4.78, 5) is 27.5. The lowest BCUT2D eigenvalue weighted by molar-refractivity contribution is 0.0783. The van der Waals surface area contributed by atoms with Gasteiger partial charge in [0, 0.05) is 12.2 Å². The van der Waals surface area contributed by atoms with Crippen LogP contribution in [0.3, 0.4) is 0 Å². The molecule has 84 valence electrons. The molecule has 1 aromatic heterocycles. The zero-order valence-electron chi connectivity index (χ0n) is 9.41. The Morgan fingerprint density at radius 1 is 1.56 bits per heavy atom. The molecule has 16 heavy (non-hydrogen) atoms. The minimum atomic E-state index is -0.375. The number of nitrogens with one attached hydrogen (secondary N) is 1. The van der Waals surface area contributed by atoms with Gasteiger partial charge >= 0.3 is 0 Å². The molecule has 0 atom stereocenters. The highest BCUT2D eigenvalue weighted by Crippen LogP contribution is 2.00. The standard InChI is InChI=1S/C12H14N2O2/c1-4-8-14(5-2)12(16)10-7-6-9(3)13-11(10)15/h1,6-7H,5,8H2,2-3H3,(H,13,15). The second-order valence-electron chi connectivity index (χ2n) is 3.41. The number of H-pyrrole nitrogens is 1. The van der Waals surface area contributed by atoms with E-state index in [-0.39, 0.29) is 23.6 Å². The molecule has 1 aromatic rings.